The van der Waals surface area contributed by atoms with E-state index in [4.69, 9.17) is 4.74 Å². The predicted molar refractivity (Wildman–Crippen MR) is 76.2 cm³/mol. The standard InChI is InChI=1S/C14H21N5O/c1-14(2,11-20-13-16-17-18-19(13)3)10-15-9-12-7-5-4-6-8-12/h4-8,15H,9-11H2,1-3H3. The van der Waals surface area contributed by atoms with Gasteiger partial charge in [-0.25, -0.2) is 0 Å². The molecule has 6 nitrogen and oxygen atoms in total. The zero-order valence-corrected chi connectivity index (χ0v) is 12.2. The predicted octanol–water partition coefficient (Wildman–Crippen LogP) is 1.40. The molecule has 0 atom stereocenters. The van der Waals surface area contributed by atoms with Crippen molar-refractivity contribution >= 4 is 0 Å². The molecule has 108 valence electrons. The van der Waals surface area contributed by atoms with E-state index in [9.17, 15) is 0 Å². The van der Waals surface area contributed by atoms with Crippen molar-refractivity contribution in [3.63, 3.8) is 0 Å². The van der Waals surface area contributed by atoms with Gasteiger partial charge in [-0.2, -0.15) is 4.68 Å². The Morgan fingerprint density at radius 2 is 2.00 bits per heavy atom. The molecule has 6 heteroatoms. The molecule has 0 saturated carbocycles. The highest BCUT2D eigenvalue weighted by Crippen LogP contribution is 2.15. The molecule has 20 heavy (non-hydrogen) atoms. The molecule has 0 aliphatic carbocycles. The van der Waals surface area contributed by atoms with E-state index < -0.39 is 0 Å². The second-order valence-corrected chi connectivity index (χ2v) is 5.63. The molecule has 0 aliphatic heterocycles. The summed E-state index contributed by atoms with van der Waals surface area (Å²) in [5.74, 6) is 0. The average Bonchev–Trinajstić information content (AvgIpc) is 2.83. The van der Waals surface area contributed by atoms with E-state index in [0.29, 0.717) is 12.6 Å². The van der Waals surface area contributed by atoms with E-state index in [-0.39, 0.29) is 5.41 Å². The van der Waals surface area contributed by atoms with Crippen molar-refractivity contribution in [2.45, 2.75) is 20.4 Å². The van der Waals surface area contributed by atoms with Gasteiger partial charge in [-0.05, 0) is 16.0 Å². The molecule has 1 aromatic heterocycles. The number of hydrogen-bond acceptors (Lipinski definition) is 5. The lowest BCUT2D eigenvalue weighted by atomic mass is 9.95. The van der Waals surface area contributed by atoms with Crippen LogP contribution in [0.2, 0.25) is 0 Å². The highest BCUT2D eigenvalue weighted by atomic mass is 16.5. The van der Waals surface area contributed by atoms with Crippen LogP contribution >= 0.6 is 0 Å². The summed E-state index contributed by atoms with van der Waals surface area (Å²) in [5.41, 5.74) is 1.28. The van der Waals surface area contributed by atoms with Crippen molar-refractivity contribution in [3.8, 4) is 6.01 Å². The Balaban J connectivity index is 1.75. The Hall–Kier alpha value is -1.95. The number of tetrazole rings is 1. The topological polar surface area (TPSA) is 64.9 Å². The van der Waals surface area contributed by atoms with Gasteiger partial charge in [-0.1, -0.05) is 49.3 Å². The summed E-state index contributed by atoms with van der Waals surface area (Å²) in [6.45, 7) is 6.57. The van der Waals surface area contributed by atoms with Gasteiger partial charge in [0.25, 0.3) is 0 Å². The highest BCUT2D eigenvalue weighted by Gasteiger charge is 2.19. The Labute approximate surface area is 119 Å². The third-order valence-electron chi connectivity index (χ3n) is 2.95. The first-order valence-electron chi connectivity index (χ1n) is 6.67. The fourth-order valence-corrected chi connectivity index (χ4v) is 1.80. The van der Waals surface area contributed by atoms with E-state index in [2.05, 4.69) is 46.8 Å². The van der Waals surface area contributed by atoms with E-state index in [1.807, 2.05) is 18.2 Å². The molecular weight excluding hydrogens is 254 g/mol. The molecule has 0 aliphatic rings. The van der Waals surface area contributed by atoms with Crippen LogP contribution in [0.5, 0.6) is 6.01 Å². The molecule has 0 fully saturated rings. The number of aryl methyl sites for hydroxylation is 1. The molecule has 2 aromatic rings. The first-order chi connectivity index (χ1) is 9.57. The molecule has 0 radical (unpaired) electrons. The van der Waals surface area contributed by atoms with Crippen molar-refractivity contribution < 1.29 is 4.74 Å². The molecule has 0 saturated heterocycles. The number of benzene rings is 1. The first-order valence-corrected chi connectivity index (χ1v) is 6.67. The molecule has 2 rings (SSSR count). The molecule has 1 aromatic carbocycles. The molecule has 0 unspecified atom stereocenters. The molecular formula is C14H21N5O. The number of aromatic nitrogens is 4. The van der Waals surface area contributed by atoms with E-state index in [1.54, 1.807) is 7.05 Å². The van der Waals surface area contributed by atoms with Gasteiger partial charge < -0.3 is 10.1 Å². The minimum absolute atomic E-state index is 0.000725. The third kappa shape index (κ3) is 4.31. The van der Waals surface area contributed by atoms with Crippen LogP contribution in [-0.2, 0) is 13.6 Å². The van der Waals surface area contributed by atoms with Crippen molar-refractivity contribution in [2.75, 3.05) is 13.2 Å². The monoisotopic (exact) mass is 275 g/mol. The summed E-state index contributed by atoms with van der Waals surface area (Å²) in [6, 6.07) is 10.8. The van der Waals surface area contributed by atoms with Crippen LogP contribution < -0.4 is 10.1 Å². The molecule has 0 bridgehead atoms. The fourth-order valence-electron chi connectivity index (χ4n) is 1.80. The van der Waals surface area contributed by atoms with Gasteiger partial charge in [0, 0.05) is 25.6 Å². The van der Waals surface area contributed by atoms with Gasteiger partial charge in [0.1, 0.15) is 0 Å². The maximum absolute atomic E-state index is 5.63. The number of nitrogens with zero attached hydrogens (tertiary/aromatic N) is 4. The lowest BCUT2D eigenvalue weighted by Gasteiger charge is -2.24. The third-order valence-corrected chi connectivity index (χ3v) is 2.95. The van der Waals surface area contributed by atoms with Gasteiger partial charge in [0.2, 0.25) is 0 Å². The maximum atomic E-state index is 5.63. The van der Waals surface area contributed by atoms with E-state index in [0.717, 1.165) is 13.1 Å². The van der Waals surface area contributed by atoms with Gasteiger partial charge in [0.15, 0.2) is 0 Å². The van der Waals surface area contributed by atoms with Crippen molar-refractivity contribution in [2.24, 2.45) is 12.5 Å². The van der Waals surface area contributed by atoms with Crippen LogP contribution in [0, 0.1) is 5.41 Å². The molecule has 0 amide bonds. The van der Waals surface area contributed by atoms with E-state index >= 15 is 0 Å². The molecule has 1 heterocycles. The van der Waals surface area contributed by atoms with Crippen molar-refractivity contribution in [1.29, 1.82) is 0 Å². The second-order valence-electron chi connectivity index (χ2n) is 5.63. The Morgan fingerprint density at radius 1 is 1.25 bits per heavy atom. The van der Waals surface area contributed by atoms with Crippen LogP contribution in [-0.4, -0.2) is 33.4 Å². The van der Waals surface area contributed by atoms with Crippen LogP contribution in [0.15, 0.2) is 30.3 Å². The number of nitrogens with one attached hydrogen (secondary N) is 1. The van der Waals surface area contributed by atoms with Gasteiger partial charge in [-0.3, -0.25) is 0 Å². The van der Waals surface area contributed by atoms with Crippen LogP contribution in [0.25, 0.3) is 0 Å². The highest BCUT2D eigenvalue weighted by molar-refractivity contribution is 5.14. The zero-order chi connectivity index (χ0) is 14.4. The SMILES string of the molecule is Cn1nnnc1OCC(C)(C)CNCc1ccccc1. The minimum atomic E-state index is 0.000725. The maximum Gasteiger partial charge on any atom is 0.335 e. The average molecular weight is 275 g/mol. The quantitative estimate of drug-likeness (QED) is 0.827. The first kappa shape index (κ1) is 14.5. The van der Waals surface area contributed by atoms with Crippen molar-refractivity contribution in [1.82, 2.24) is 25.5 Å². The Morgan fingerprint density at radius 3 is 2.65 bits per heavy atom. The largest absolute Gasteiger partial charge is 0.462 e. The summed E-state index contributed by atoms with van der Waals surface area (Å²) in [7, 11) is 1.76. The van der Waals surface area contributed by atoms with Crippen molar-refractivity contribution in [3.05, 3.63) is 35.9 Å². The normalized spacial score (nSPS) is 11.6. The number of ether oxygens (including phenoxy) is 1. The molecule has 1 N–H and O–H groups in total. The summed E-state index contributed by atoms with van der Waals surface area (Å²) in [4.78, 5) is 0. The summed E-state index contributed by atoms with van der Waals surface area (Å²) in [5, 5.41) is 14.5. The Kier molecular flexibility index (Phi) is 4.68. The number of rotatable bonds is 7. The second kappa shape index (κ2) is 6.47. The minimum Gasteiger partial charge on any atom is -0.462 e. The van der Waals surface area contributed by atoms with E-state index in [1.165, 1.54) is 10.2 Å². The van der Waals surface area contributed by atoms with Gasteiger partial charge in [-0.15, -0.1) is 0 Å². The summed E-state index contributed by atoms with van der Waals surface area (Å²) in [6.07, 6.45) is 0. The summed E-state index contributed by atoms with van der Waals surface area (Å²) >= 11 is 0. The van der Waals surface area contributed by atoms with Crippen LogP contribution in [0.1, 0.15) is 19.4 Å². The van der Waals surface area contributed by atoms with Crippen LogP contribution in [0.4, 0.5) is 0 Å². The fraction of sp³-hybridized carbons (Fsp3) is 0.500. The molecule has 0 spiro atoms. The lowest BCUT2D eigenvalue weighted by molar-refractivity contribution is 0.159. The smallest absolute Gasteiger partial charge is 0.335 e. The zero-order valence-electron chi connectivity index (χ0n) is 12.2. The van der Waals surface area contributed by atoms with Crippen LogP contribution in [0.3, 0.4) is 0 Å². The van der Waals surface area contributed by atoms with Gasteiger partial charge in [0.05, 0.1) is 6.61 Å². The summed E-state index contributed by atoms with van der Waals surface area (Å²) < 4.78 is 7.15. The van der Waals surface area contributed by atoms with Gasteiger partial charge >= 0.3 is 6.01 Å². The number of hydrogen-bond donors (Lipinski definition) is 1. The lowest BCUT2D eigenvalue weighted by Crippen LogP contribution is -2.34. The Bertz CT molecular complexity index is 523.